The molecule has 2 aromatic carbocycles. The van der Waals surface area contributed by atoms with Crippen LogP contribution in [0.15, 0.2) is 36.4 Å². The number of carbonyl (C=O) groups is 1. The van der Waals surface area contributed by atoms with E-state index in [2.05, 4.69) is 10.1 Å². The fourth-order valence-electron chi connectivity index (χ4n) is 2.58. The van der Waals surface area contributed by atoms with E-state index in [1.54, 1.807) is 20.8 Å². The molecule has 0 saturated heterocycles. The van der Waals surface area contributed by atoms with Crippen LogP contribution < -0.4 is 14.8 Å². The van der Waals surface area contributed by atoms with Gasteiger partial charge in [-0.3, -0.25) is 5.32 Å². The second-order valence-corrected chi connectivity index (χ2v) is 7.45. The van der Waals surface area contributed by atoms with Crippen molar-refractivity contribution in [3.63, 3.8) is 0 Å². The number of alkyl halides is 2. The molecule has 0 fully saturated rings. The lowest BCUT2D eigenvalue weighted by Gasteiger charge is -2.23. The summed E-state index contributed by atoms with van der Waals surface area (Å²) in [6.07, 6.45) is -2.20. The predicted molar refractivity (Wildman–Crippen MR) is 105 cm³/mol. The Bertz CT molecular complexity index is 870. The third-order valence-corrected chi connectivity index (χ3v) is 3.91. The number of hydrogen-bond acceptors (Lipinski definition) is 5. The van der Waals surface area contributed by atoms with Crippen molar-refractivity contribution in [1.82, 2.24) is 0 Å². The number of benzene rings is 2. The summed E-state index contributed by atoms with van der Waals surface area (Å²) >= 11 is 6.04. The second kappa shape index (κ2) is 9.28. The number of amides is 1. The van der Waals surface area contributed by atoms with Crippen molar-refractivity contribution in [3.05, 3.63) is 52.5 Å². The molecule has 1 atom stereocenters. The average Bonchev–Trinajstić information content (AvgIpc) is 2.60. The summed E-state index contributed by atoms with van der Waals surface area (Å²) in [4.78, 5) is 12.1. The molecule has 0 aromatic heterocycles. The first kappa shape index (κ1) is 22.7. The largest absolute Gasteiger partial charge is 0.493 e. The summed E-state index contributed by atoms with van der Waals surface area (Å²) in [5, 5.41) is 13.7. The van der Waals surface area contributed by atoms with Crippen molar-refractivity contribution in [1.29, 1.82) is 0 Å². The van der Waals surface area contributed by atoms with Gasteiger partial charge in [0.1, 0.15) is 11.7 Å². The molecule has 2 rings (SSSR count). The Labute approximate surface area is 172 Å². The summed E-state index contributed by atoms with van der Waals surface area (Å²) in [5.74, 6) is -0.300. The molecule has 1 amide bonds. The van der Waals surface area contributed by atoms with Gasteiger partial charge < -0.3 is 19.3 Å². The summed E-state index contributed by atoms with van der Waals surface area (Å²) < 4.78 is 40.6. The number of ether oxygens (including phenoxy) is 3. The van der Waals surface area contributed by atoms with E-state index in [0.717, 1.165) is 0 Å². The topological polar surface area (TPSA) is 77.0 Å². The standard InChI is InChI=1S/C20H22ClF2NO5/c1-20(2,3)29-19(26)24-14-9-8-11(21)10-13(14)16(25)12-6-5-7-15(27-4)17(12)28-18(22)23/h5-10,16,18,25H,1-4H3,(H,24,26). The molecule has 0 saturated carbocycles. The quantitative estimate of drug-likeness (QED) is 0.644. The van der Waals surface area contributed by atoms with Crippen LogP contribution in [0.3, 0.4) is 0 Å². The summed E-state index contributed by atoms with van der Waals surface area (Å²) in [7, 11) is 1.29. The van der Waals surface area contributed by atoms with Crippen molar-refractivity contribution >= 4 is 23.4 Å². The van der Waals surface area contributed by atoms with Crippen molar-refractivity contribution < 1.29 is 32.9 Å². The minimum atomic E-state index is -3.13. The van der Waals surface area contributed by atoms with Gasteiger partial charge in [0.25, 0.3) is 0 Å². The van der Waals surface area contributed by atoms with Gasteiger partial charge in [-0.1, -0.05) is 23.7 Å². The van der Waals surface area contributed by atoms with Gasteiger partial charge in [-0.05, 0) is 45.0 Å². The predicted octanol–water partition coefficient (Wildman–Crippen LogP) is 5.38. The smallest absolute Gasteiger partial charge is 0.412 e. The van der Waals surface area contributed by atoms with Gasteiger partial charge >= 0.3 is 12.7 Å². The molecule has 0 bridgehead atoms. The van der Waals surface area contributed by atoms with Crippen molar-refractivity contribution in [3.8, 4) is 11.5 Å². The SMILES string of the molecule is COc1cccc(C(O)c2cc(Cl)ccc2NC(=O)OC(C)(C)C)c1OC(F)F. The molecule has 0 radical (unpaired) electrons. The third kappa shape index (κ3) is 6.20. The molecular formula is C20H22ClF2NO5. The molecule has 0 aliphatic rings. The lowest BCUT2D eigenvalue weighted by molar-refractivity contribution is -0.0526. The molecule has 2 N–H and O–H groups in total. The maximum Gasteiger partial charge on any atom is 0.412 e. The number of anilines is 1. The molecule has 29 heavy (non-hydrogen) atoms. The molecule has 158 valence electrons. The fourth-order valence-corrected chi connectivity index (χ4v) is 2.76. The van der Waals surface area contributed by atoms with E-state index in [1.807, 2.05) is 0 Å². The highest BCUT2D eigenvalue weighted by molar-refractivity contribution is 6.30. The van der Waals surface area contributed by atoms with Crippen molar-refractivity contribution in [2.24, 2.45) is 0 Å². The highest BCUT2D eigenvalue weighted by atomic mass is 35.5. The number of carbonyl (C=O) groups excluding carboxylic acids is 1. The number of halogens is 3. The monoisotopic (exact) mass is 429 g/mol. The number of hydrogen-bond donors (Lipinski definition) is 2. The van der Waals surface area contributed by atoms with Crippen molar-refractivity contribution in [2.75, 3.05) is 12.4 Å². The second-order valence-electron chi connectivity index (χ2n) is 7.02. The van der Waals surface area contributed by atoms with Crippen LogP contribution in [0.1, 0.15) is 38.0 Å². The van der Waals surface area contributed by atoms with E-state index in [-0.39, 0.29) is 33.3 Å². The van der Waals surface area contributed by atoms with Crippen LogP contribution in [0.4, 0.5) is 19.3 Å². The number of methoxy groups -OCH3 is 1. The highest BCUT2D eigenvalue weighted by Gasteiger charge is 2.25. The Balaban J connectivity index is 2.47. The van der Waals surface area contributed by atoms with Gasteiger partial charge in [-0.25, -0.2) is 4.79 Å². The Morgan fingerprint density at radius 1 is 1.17 bits per heavy atom. The number of aliphatic hydroxyl groups excluding tert-OH is 1. The Morgan fingerprint density at radius 3 is 2.45 bits per heavy atom. The van der Waals surface area contributed by atoms with Crippen LogP contribution in [0.5, 0.6) is 11.5 Å². The first-order valence-electron chi connectivity index (χ1n) is 8.61. The van der Waals surface area contributed by atoms with Crippen LogP contribution in [-0.2, 0) is 4.74 Å². The lowest BCUT2D eigenvalue weighted by Crippen LogP contribution is -2.27. The molecule has 0 heterocycles. The maximum absolute atomic E-state index is 12.9. The molecule has 0 aliphatic heterocycles. The summed E-state index contributed by atoms with van der Waals surface area (Å²) in [5.41, 5.74) is -0.364. The number of para-hydroxylation sites is 1. The van der Waals surface area contributed by atoms with Crippen LogP contribution >= 0.6 is 11.6 Å². The minimum absolute atomic E-state index is 0.0131. The minimum Gasteiger partial charge on any atom is -0.493 e. The Kier molecular flexibility index (Phi) is 7.26. The van der Waals surface area contributed by atoms with Gasteiger partial charge in [0.05, 0.1) is 12.8 Å². The van der Waals surface area contributed by atoms with E-state index in [4.69, 9.17) is 21.1 Å². The summed E-state index contributed by atoms with van der Waals surface area (Å²) in [6.45, 7) is 1.98. The third-order valence-electron chi connectivity index (χ3n) is 3.67. The normalized spacial score (nSPS) is 12.4. The molecule has 6 nitrogen and oxygen atoms in total. The molecule has 0 spiro atoms. The first-order chi connectivity index (χ1) is 13.5. The van der Waals surface area contributed by atoms with Crippen LogP contribution in [0, 0.1) is 0 Å². The lowest BCUT2D eigenvalue weighted by atomic mass is 9.98. The maximum atomic E-state index is 12.9. The van der Waals surface area contributed by atoms with Gasteiger partial charge in [0.2, 0.25) is 0 Å². The molecule has 1 unspecified atom stereocenters. The van der Waals surface area contributed by atoms with E-state index in [9.17, 15) is 18.7 Å². The zero-order valence-electron chi connectivity index (χ0n) is 16.3. The first-order valence-corrected chi connectivity index (χ1v) is 8.99. The van der Waals surface area contributed by atoms with Gasteiger partial charge in [0.15, 0.2) is 11.5 Å². The zero-order chi connectivity index (χ0) is 21.8. The van der Waals surface area contributed by atoms with E-state index >= 15 is 0 Å². The average molecular weight is 430 g/mol. The Morgan fingerprint density at radius 2 is 1.86 bits per heavy atom. The highest BCUT2D eigenvalue weighted by Crippen LogP contribution is 2.40. The Hall–Kier alpha value is -2.58. The zero-order valence-corrected chi connectivity index (χ0v) is 17.1. The molecule has 0 aliphatic carbocycles. The van der Waals surface area contributed by atoms with Crippen LogP contribution in [-0.4, -0.2) is 30.5 Å². The van der Waals surface area contributed by atoms with Gasteiger partial charge in [-0.15, -0.1) is 0 Å². The fraction of sp³-hybridized carbons (Fsp3) is 0.350. The molecule has 2 aromatic rings. The number of aliphatic hydroxyl groups is 1. The van der Waals surface area contributed by atoms with E-state index in [0.29, 0.717) is 0 Å². The van der Waals surface area contributed by atoms with Crippen molar-refractivity contribution in [2.45, 2.75) is 39.1 Å². The molecule has 9 heteroatoms. The van der Waals surface area contributed by atoms with E-state index in [1.165, 1.54) is 43.5 Å². The van der Waals surface area contributed by atoms with Crippen LogP contribution in [0.2, 0.25) is 5.02 Å². The van der Waals surface area contributed by atoms with Gasteiger partial charge in [-0.2, -0.15) is 8.78 Å². The van der Waals surface area contributed by atoms with E-state index < -0.39 is 24.4 Å². The summed E-state index contributed by atoms with van der Waals surface area (Å²) in [6, 6.07) is 8.73. The number of nitrogens with one attached hydrogen (secondary N) is 1. The van der Waals surface area contributed by atoms with Gasteiger partial charge in [0, 0.05) is 16.1 Å². The van der Waals surface area contributed by atoms with Crippen LogP contribution in [0.25, 0.3) is 0 Å². The molecular weight excluding hydrogens is 408 g/mol. The number of rotatable bonds is 6.